The fourth-order valence-corrected chi connectivity index (χ4v) is 1.69. The second-order valence-corrected chi connectivity index (χ2v) is 6.73. The van der Waals surface area contributed by atoms with Gasteiger partial charge in [-0.15, -0.1) is 0 Å². The highest BCUT2D eigenvalue weighted by molar-refractivity contribution is 5.67. The smallest absolute Gasteiger partial charge is 0.407 e. The minimum absolute atomic E-state index is 0.392. The van der Waals surface area contributed by atoms with Crippen molar-refractivity contribution in [2.75, 3.05) is 5.32 Å². The normalized spacial score (nSPS) is 12.9. The van der Waals surface area contributed by atoms with Gasteiger partial charge < -0.3 is 15.4 Å². The number of carbonyl (C=O) groups excluding carboxylic acids is 1. The van der Waals surface area contributed by atoms with Gasteiger partial charge in [-0.3, -0.25) is 0 Å². The van der Waals surface area contributed by atoms with Gasteiger partial charge in [0.15, 0.2) is 0 Å². The molecule has 0 aliphatic heterocycles. The van der Waals surface area contributed by atoms with Crippen LogP contribution in [0, 0.1) is 5.92 Å². The number of anilines is 1. The number of rotatable bonds is 5. The molecule has 0 spiro atoms. The average molecular weight is 292 g/mol. The second-order valence-electron chi connectivity index (χ2n) is 6.73. The van der Waals surface area contributed by atoms with Crippen molar-refractivity contribution in [1.29, 1.82) is 0 Å². The van der Waals surface area contributed by atoms with Crippen molar-refractivity contribution in [2.24, 2.45) is 5.92 Å². The number of alkyl carbamates (subject to hydrolysis) is 1. The zero-order valence-electron chi connectivity index (χ0n) is 14.0. The predicted octanol–water partition coefficient (Wildman–Crippen LogP) is 4.17. The molecule has 0 radical (unpaired) electrons. The van der Waals surface area contributed by atoms with E-state index in [1.807, 2.05) is 39.0 Å². The molecular weight excluding hydrogens is 264 g/mol. The molecule has 118 valence electrons. The summed E-state index contributed by atoms with van der Waals surface area (Å²) in [6, 6.07) is 8.47. The van der Waals surface area contributed by atoms with Crippen molar-refractivity contribution in [3.05, 3.63) is 29.8 Å². The molecule has 2 N–H and O–H groups in total. The molecule has 0 aliphatic carbocycles. The Hall–Kier alpha value is -1.71. The Morgan fingerprint density at radius 1 is 1.24 bits per heavy atom. The molecule has 1 atom stereocenters. The highest BCUT2D eigenvalue weighted by atomic mass is 16.6. The summed E-state index contributed by atoms with van der Waals surface area (Å²) < 4.78 is 5.22. The van der Waals surface area contributed by atoms with E-state index in [2.05, 4.69) is 37.5 Å². The summed E-state index contributed by atoms with van der Waals surface area (Å²) in [6.07, 6.45) is -0.392. The third kappa shape index (κ3) is 7.02. The molecule has 0 saturated carbocycles. The van der Waals surface area contributed by atoms with Crippen molar-refractivity contribution in [3.63, 3.8) is 0 Å². The predicted molar refractivity (Wildman–Crippen MR) is 87.4 cm³/mol. The molecule has 4 heteroatoms. The summed E-state index contributed by atoms with van der Waals surface area (Å²) in [5.74, 6) is 0.563. The Labute approximate surface area is 128 Å². The number of nitrogens with one attached hydrogen (secondary N) is 2. The van der Waals surface area contributed by atoms with E-state index in [-0.39, 0.29) is 0 Å². The first-order valence-electron chi connectivity index (χ1n) is 7.49. The van der Waals surface area contributed by atoms with Gasteiger partial charge in [0, 0.05) is 18.3 Å². The zero-order chi connectivity index (χ0) is 16.0. The Balaban J connectivity index is 2.55. The molecule has 0 heterocycles. The molecule has 21 heavy (non-hydrogen) atoms. The Kier molecular flexibility index (Phi) is 6.06. The van der Waals surface area contributed by atoms with Gasteiger partial charge >= 0.3 is 6.09 Å². The van der Waals surface area contributed by atoms with Crippen LogP contribution in [0.5, 0.6) is 0 Å². The molecule has 0 saturated heterocycles. The van der Waals surface area contributed by atoms with E-state index in [4.69, 9.17) is 4.74 Å². The fraction of sp³-hybridized carbons (Fsp3) is 0.588. The minimum Gasteiger partial charge on any atom is -0.444 e. The molecule has 1 aromatic rings. The van der Waals surface area contributed by atoms with E-state index >= 15 is 0 Å². The first kappa shape index (κ1) is 17.3. The number of carbonyl (C=O) groups is 1. The average Bonchev–Trinajstić information content (AvgIpc) is 2.34. The van der Waals surface area contributed by atoms with E-state index in [0.717, 1.165) is 11.3 Å². The van der Waals surface area contributed by atoms with Crippen LogP contribution in [0.4, 0.5) is 10.5 Å². The first-order chi connectivity index (χ1) is 9.67. The van der Waals surface area contributed by atoms with Crippen LogP contribution in [0.25, 0.3) is 0 Å². The number of benzene rings is 1. The third-order valence-corrected chi connectivity index (χ3v) is 3.16. The van der Waals surface area contributed by atoms with Crippen molar-refractivity contribution in [2.45, 2.75) is 59.7 Å². The molecular formula is C17H28N2O2. The highest BCUT2D eigenvalue weighted by Gasteiger charge is 2.15. The molecule has 1 unspecified atom stereocenters. The van der Waals surface area contributed by atoms with Gasteiger partial charge in [0.2, 0.25) is 0 Å². The van der Waals surface area contributed by atoms with Gasteiger partial charge in [0.25, 0.3) is 0 Å². The number of amides is 1. The van der Waals surface area contributed by atoms with Crippen molar-refractivity contribution in [3.8, 4) is 0 Å². The van der Waals surface area contributed by atoms with Crippen LogP contribution < -0.4 is 10.6 Å². The third-order valence-electron chi connectivity index (χ3n) is 3.16. The molecule has 0 aromatic heterocycles. The van der Waals surface area contributed by atoms with Gasteiger partial charge in [-0.2, -0.15) is 0 Å². The Bertz CT molecular complexity index is 464. The standard InChI is InChI=1S/C17H28N2O2/c1-12(2)13(3)19-15-9-7-8-14(10-15)11-18-16(20)21-17(4,5)6/h7-10,12-13,19H,11H2,1-6H3,(H,18,20). The van der Waals surface area contributed by atoms with E-state index < -0.39 is 11.7 Å². The summed E-state index contributed by atoms with van der Waals surface area (Å²) in [4.78, 5) is 11.6. The monoisotopic (exact) mass is 292 g/mol. The Morgan fingerprint density at radius 3 is 2.48 bits per heavy atom. The van der Waals surface area contributed by atoms with E-state index in [0.29, 0.717) is 18.5 Å². The van der Waals surface area contributed by atoms with E-state index in [9.17, 15) is 4.79 Å². The lowest BCUT2D eigenvalue weighted by Crippen LogP contribution is -2.32. The lowest BCUT2D eigenvalue weighted by Gasteiger charge is -2.20. The molecule has 1 amide bonds. The summed E-state index contributed by atoms with van der Waals surface area (Å²) in [7, 11) is 0. The van der Waals surface area contributed by atoms with Crippen LogP contribution in [0.2, 0.25) is 0 Å². The maximum atomic E-state index is 11.6. The van der Waals surface area contributed by atoms with Gasteiger partial charge in [-0.1, -0.05) is 26.0 Å². The van der Waals surface area contributed by atoms with Gasteiger partial charge in [0.1, 0.15) is 5.60 Å². The molecule has 1 aromatic carbocycles. The second kappa shape index (κ2) is 7.34. The van der Waals surface area contributed by atoms with E-state index in [1.165, 1.54) is 0 Å². The zero-order valence-corrected chi connectivity index (χ0v) is 14.0. The molecule has 0 bridgehead atoms. The minimum atomic E-state index is -0.472. The molecule has 0 aliphatic rings. The van der Waals surface area contributed by atoms with Crippen LogP contribution in [-0.2, 0) is 11.3 Å². The van der Waals surface area contributed by atoms with Crippen molar-refractivity contribution >= 4 is 11.8 Å². The van der Waals surface area contributed by atoms with E-state index in [1.54, 1.807) is 0 Å². The number of hydrogen-bond donors (Lipinski definition) is 2. The summed E-state index contributed by atoms with van der Waals surface area (Å²) >= 11 is 0. The lowest BCUT2D eigenvalue weighted by molar-refractivity contribution is 0.0523. The topological polar surface area (TPSA) is 50.4 Å². The number of hydrogen-bond acceptors (Lipinski definition) is 3. The molecule has 4 nitrogen and oxygen atoms in total. The molecule has 0 fully saturated rings. The highest BCUT2D eigenvalue weighted by Crippen LogP contribution is 2.15. The van der Waals surface area contributed by atoms with Crippen LogP contribution in [0.15, 0.2) is 24.3 Å². The Morgan fingerprint density at radius 2 is 1.90 bits per heavy atom. The van der Waals surface area contributed by atoms with Gasteiger partial charge in [0.05, 0.1) is 0 Å². The van der Waals surface area contributed by atoms with Crippen molar-refractivity contribution in [1.82, 2.24) is 5.32 Å². The van der Waals surface area contributed by atoms with Gasteiger partial charge in [-0.05, 0) is 51.3 Å². The molecule has 1 rings (SSSR count). The maximum absolute atomic E-state index is 11.6. The summed E-state index contributed by atoms with van der Waals surface area (Å²) in [6.45, 7) is 12.5. The quantitative estimate of drug-likeness (QED) is 0.856. The van der Waals surface area contributed by atoms with Crippen LogP contribution in [0.1, 0.15) is 47.1 Å². The fourth-order valence-electron chi connectivity index (χ4n) is 1.69. The number of ether oxygens (including phenoxy) is 1. The van der Waals surface area contributed by atoms with Crippen LogP contribution in [-0.4, -0.2) is 17.7 Å². The van der Waals surface area contributed by atoms with Crippen molar-refractivity contribution < 1.29 is 9.53 Å². The van der Waals surface area contributed by atoms with Gasteiger partial charge in [-0.25, -0.2) is 4.79 Å². The van der Waals surface area contributed by atoms with Crippen LogP contribution in [0.3, 0.4) is 0 Å². The van der Waals surface area contributed by atoms with Crippen LogP contribution >= 0.6 is 0 Å². The maximum Gasteiger partial charge on any atom is 0.407 e. The first-order valence-corrected chi connectivity index (χ1v) is 7.49. The summed E-state index contributed by atoms with van der Waals surface area (Å²) in [5.41, 5.74) is 1.64. The lowest BCUT2D eigenvalue weighted by atomic mass is 10.1. The summed E-state index contributed by atoms with van der Waals surface area (Å²) in [5, 5.41) is 6.23. The largest absolute Gasteiger partial charge is 0.444 e. The SMILES string of the molecule is CC(C)C(C)Nc1cccc(CNC(=O)OC(C)(C)C)c1.